The smallest absolute Gasteiger partial charge is 0.307 e. The van der Waals surface area contributed by atoms with Gasteiger partial charge in [0.25, 0.3) is 0 Å². The Balaban J connectivity index is 1.78. The van der Waals surface area contributed by atoms with Crippen molar-refractivity contribution < 1.29 is 19.8 Å². The molecule has 0 aromatic heterocycles. The first-order valence-electron chi connectivity index (χ1n) is 6.57. The lowest BCUT2D eigenvalue weighted by atomic mass is 9.82. The van der Waals surface area contributed by atoms with E-state index >= 15 is 0 Å². The third-order valence-corrected chi connectivity index (χ3v) is 4.18. The fraction of sp³-hybridized carbons (Fsp3) is 0.333. The molecule has 1 amide bonds. The average Bonchev–Trinajstić information content (AvgIpc) is 3.01. The summed E-state index contributed by atoms with van der Waals surface area (Å²) in [7, 11) is 0. The molecule has 3 N–H and O–H groups in total. The van der Waals surface area contributed by atoms with Crippen molar-refractivity contribution >= 4 is 17.6 Å². The second-order valence-electron chi connectivity index (χ2n) is 5.37. The second-order valence-corrected chi connectivity index (χ2v) is 5.37. The molecule has 5 nitrogen and oxygen atoms in total. The minimum absolute atomic E-state index is 0.0122. The van der Waals surface area contributed by atoms with Crippen molar-refractivity contribution in [2.45, 2.75) is 6.42 Å². The quantitative estimate of drug-likeness (QED) is 0.579. The first-order valence-corrected chi connectivity index (χ1v) is 6.57. The van der Waals surface area contributed by atoms with E-state index in [0.717, 1.165) is 6.42 Å². The van der Waals surface area contributed by atoms with Gasteiger partial charge in [-0.1, -0.05) is 12.2 Å². The Hall–Kier alpha value is -2.30. The number of amides is 1. The fourth-order valence-corrected chi connectivity index (χ4v) is 3.29. The number of anilines is 1. The van der Waals surface area contributed by atoms with Crippen LogP contribution in [0.1, 0.15) is 6.42 Å². The van der Waals surface area contributed by atoms with Gasteiger partial charge in [0.1, 0.15) is 5.75 Å². The summed E-state index contributed by atoms with van der Waals surface area (Å²) in [5.74, 6) is -2.23. The molecule has 1 aromatic rings. The first-order chi connectivity index (χ1) is 9.56. The highest BCUT2D eigenvalue weighted by Gasteiger charge is 2.51. The van der Waals surface area contributed by atoms with Crippen LogP contribution in [0, 0.1) is 23.7 Å². The molecule has 1 saturated carbocycles. The maximum absolute atomic E-state index is 12.3. The number of carbonyl (C=O) groups excluding carboxylic acids is 1. The van der Waals surface area contributed by atoms with Gasteiger partial charge < -0.3 is 15.5 Å². The molecule has 0 unspecified atom stereocenters. The summed E-state index contributed by atoms with van der Waals surface area (Å²) in [6, 6.07) is 6.13. The van der Waals surface area contributed by atoms with Gasteiger partial charge in [0.05, 0.1) is 11.8 Å². The number of phenols is 1. The standard InChI is InChI=1S/C15H15NO4/c17-11-5-3-10(4-6-11)16-14(18)12-8-1-2-9(7-8)13(12)15(19)20/h1-6,8-9,12-13,17H,7H2,(H,16,18)(H,19,20)/t8-,9-,12+,13+/m0/s1. The number of allylic oxidation sites excluding steroid dienone is 2. The SMILES string of the molecule is O=C(O)[C@H]1[C@H](C(=O)Nc2ccc(O)cc2)[C@H]2C=C[C@H]1C2. The van der Waals surface area contributed by atoms with E-state index in [9.17, 15) is 19.8 Å². The predicted octanol–water partition coefficient (Wildman–Crippen LogP) is 1.85. The van der Waals surface area contributed by atoms with Crippen molar-refractivity contribution in [3.05, 3.63) is 36.4 Å². The number of carboxylic acid groups (broad SMARTS) is 1. The molecule has 0 radical (unpaired) electrons. The highest BCUT2D eigenvalue weighted by atomic mass is 16.4. The van der Waals surface area contributed by atoms with E-state index in [0.29, 0.717) is 5.69 Å². The largest absolute Gasteiger partial charge is 0.508 e. The summed E-state index contributed by atoms with van der Waals surface area (Å²) in [4.78, 5) is 23.7. The van der Waals surface area contributed by atoms with Crippen molar-refractivity contribution in [1.82, 2.24) is 0 Å². The molecule has 0 saturated heterocycles. The Morgan fingerprint density at radius 2 is 1.65 bits per heavy atom. The number of nitrogens with one attached hydrogen (secondary N) is 1. The van der Waals surface area contributed by atoms with Crippen molar-refractivity contribution in [2.24, 2.45) is 23.7 Å². The third-order valence-electron chi connectivity index (χ3n) is 4.18. The predicted molar refractivity (Wildman–Crippen MR) is 72.1 cm³/mol. The lowest BCUT2D eigenvalue weighted by Gasteiger charge is -2.23. The molecule has 1 fully saturated rings. The number of hydrogen-bond acceptors (Lipinski definition) is 3. The zero-order valence-electron chi connectivity index (χ0n) is 10.7. The third kappa shape index (κ3) is 2.05. The molecule has 0 aliphatic heterocycles. The summed E-state index contributed by atoms with van der Waals surface area (Å²) in [6.45, 7) is 0. The van der Waals surface area contributed by atoms with Crippen LogP contribution in [0.4, 0.5) is 5.69 Å². The molecule has 3 rings (SSSR count). The number of carboxylic acids is 1. The Bertz CT molecular complexity index is 578. The molecule has 20 heavy (non-hydrogen) atoms. The van der Waals surface area contributed by atoms with Crippen LogP contribution in [0.25, 0.3) is 0 Å². The fourth-order valence-electron chi connectivity index (χ4n) is 3.29. The van der Waals surface area contributed by atoms with E-state index in [-0.39, 0.29) is 23.5 Å². The van der Waals surface area contributed by atoms with Gasteiger partial charge in [-0.3, -0.25) is 9.59 Å². The van der Waals surface area contributed by atoms with Crippen molar-refractivity contribution in [3.8, 4) is 5.75 Å². The molecule has 104 valence electrons. The summed E-state index contributed by atoms with van der Waals surface area (Å²) in [5.41, 5.74) is 0.559. The van der Waals surface area contributed by atoms with Gasteiger partial charge in [0, 0.05) is 5.69 Å². The van der Waals surface area contributed by atoms with E-state index in [1.807, 2.05) is 12.2 Å². The Labute approximate surface area is 115 Å². The van der Waals surface area contributed by atoms with Crippen LogP contribution >= 0.6 is 0 Å². The van der Waals surface area contributed by atoms with Crippen LogP contribution in [0.5, 0.6) is 5.75 Å². The molecule has 2 aliphatic carbocycles. The van der Waals surface area contributed by atoms with E-state index < -0.39 is 17.8 Å². The Kier molecular flexibility index (Phi) is 2.97. The number of phenolic OH excluding ortho intramolecular Hbond substituents is 1. The van der Waals surface area contributed by atoms with Crippen molar-refractivity contribution in [1.29, 1.82) is 0 Å². The van der Waals surface area contributed by atoms with Crippen LogP contribution in [0.3, 0.4) is 0 Å². The van der Waals surface area contributed by atoms with Gasteiger partial charge >= 0.3 is 5.97 Å². The van der Waals surface area contributed by atoms with E-state index in [1.165, 1.54) is 12.1 Å². The highest BCUT2D eigenvalue weighted by Crippen LogP contribution is 2.48. The number of carbonyl (C=O) groups is 2. The average molecular weight is 273 g/mol. The molecule has 0 spiro atoms. The molecular formula is C15H15NO4. The Morgan fingerprint density at radius 3 is 2.25 bits per heavy atom. The van der Waals surface area contributed by atoms with Gasteiger partial charge in [-0.05, 0) is 42.5 Å². The number of benzene rings is 1. The lowest BCUT2D eigenvalue weighted by Crippen LogP contribution is -2.36. The van der Waals surface area contributed by atoms with Gasteiger partial charge in [0.15, 0.2) is 0 Å². The molecule has 2 aliphatic rings. The minimum Gasteiger partial charge on any atom is -0.508 e. The zero-order valence-corrected chi connectivity index (χ0v) is 10.7. The summed E-state index contributed by atoms with van der Waals surface area (Å²) < 4.78 is 0. The number of fused-ring (bicyclic) bond motifs is 2. The number of aromatic hydroxyl groups is 1. The van der Waals surface area contributed by atoms with Crippen LogP contribution in [-0.2, 0) is 9.59 Å². The molecule has 2 bridgehead atoms. The van der Waals surface area contributed by atoms with Crippen LogP contribution in [0.15, 0.2) is 36.4 Å². The number of aliphatic carboxylic acids is 1. The Morgan fingerprint density at radius 1 is 1.05 bits per heavy atom. The summed E-state index contributed by atoms with van der Waals surface area (Å²) in [6.07, 6.45) is 4.60. The van der Waals surface area contributed by atoms with Crippen molar-refractivity contribution in [2.75, 3.05) is 5.32 Å². The maximum atomic E-state index is 12.3. The van der Waals surface area contributed by atoms with Crippen LogP contribution < -0.4 is 5.32 Å². The van der Waals surface area contributed by atoms with Crippen LogP contribution in [0.2, 0.25) is 0 Å². The van der Waals surface area contributed by atoms with Crippen LogP contribution in [-0.4, -0.2) is 22.1 Å². The minimum atomic E-state index is -0.910. The van der Waals surface area contributed by atoms with E-state index in [2.05, 4.69) is 5.32 Å². The summed E-state index contributed by atoms with van der Waals surface area (Å²) in [5, 5.41) is 21.2. The zero-order chi connectivity index (χ0) is 14.3. The normalized spacial score (nSPS) is 30.4. The van der Waals surface area contributed by atoms with Gasteiger partial charge in [-0.2, -0.15) is 0 Å². The second kappa shape index (κ2) is 4.67. The van der Waals surface area contributed by atoms with Gasteiger partial charge in [0.2, 0.25) is 5.91 Å². The summed E-state index contributed by atoms with van der Waals surface area (Å²) >= 11 is 0. The van der Waals surface area contributed by atoms with E-state index in [4.69, 9.17) is 0 Å². The molecular weight excluding hydrogens is 258 g/mol. The molecule has 0 heterocycles. The first kappa shape index (κ1) is 12.7. The van der Waals surface area contributed by atoms with Crippen molar-refractivity contribution in [3.63, 3.8) is 0 Å². The number of rotatable bonds is 3. The molecule has 5 heteroatoms. The molecule has 1 aromatic carbocycles. The molecule has 4 atom stereocenters. The monoisotopic (exact) mass is 273 g/mol. The topological polar surface area (TPSA) is 86.6 Å². The van der Waals surface area contributed by atoms with Gasteiger partial charge in [-0.15, -0.1) is 0 Å². The van der Waals surface area contributed by atoms with Gasteiger partial charge in [-0.25, -0.2) is 0 Å². The maximum Gasteiger partial charge on any atom is 0.307 e. The highest BCUT2D eigenvalue weighted by molar-refractivity contribution is 5.96. The number of hydrogen-bond donors (Lipinski definition) is 3. The lowest BCUT2D eigenvalue weighted by molar-refractivity contribution is -0.146. The van der Waals surface area contributed by atoms with E-state index in [1.54, 1.807) is 12.1 Å².